The van der Waals surface area contributed by atoms with Crippen LogP contribution in [-0.4, -0.2) is 34.2 Å². The van der Waals surface area contributed by atoms with Crippen molar-refractivity contribution in [1.29, 1.82) is 0 Å². The van der Waals surface area contributed by atoms with Gasteiger partial charge in [-0.15, -0.1) is 0 Å². The lowest BCUT2D eigenvalue weighted by Crippen LogP contribution is -2.32. The zero-order chi connectivity index (χ0) is 19.6. The van der Waals surface area contributed by atoms with Crippen molar-refractivity contribution in [2.24, 2.45) is 0 Å². The topological polar surface area (TPSA) is 74.7 Å². The normalized spacial score (nSPS) is 10.4. The molecule has 27 heavy (non-hydrogen) atoms. The molecule has 0 aliphatic carbocycles. The minimum absolute atomic E-state index is 0.0147. The van der Waals surface area contributed by atoms with Gasteiger partial charge in [-0.05, 0) is 18.9 Å². The zero-order valence-corrected chi connectivity index (χ0v) is 15.6. The van der Waals surface area contributed by atoms with Crippen LogP contribution in [0.25, 0.3) is 0 Å². The van der Waals surface area contributed by atoms with E-state index >= 15 is 0 Å². The third-order valence-electron chi connectivity index (χ3n) is 4.33. The fraction of sp³-hybridized carbons (Fsp3) is 0.318. The first kappa shape index (κ1) is 20.4. The number of benzene rings is 2. The number of aryl methyl sites for hydroxylation is 1. The summed E-state index contributed by atoms with van der Waals surface area (Å²) in [4.78, 5) is 37.3. The number of carbonyl (C=O) groups is 3. The van der Waals surface area contributed by atoms with E-state index in [-0.39, 0.29) is 31.0 Å². The highest BCUT2D eigenvalue weighted by Gasteiger charge is 2.16. The molecule has 0 bridgehead atoms. The van der Waals surface area contributed by atoms with Crippen molar-refractivity contribution in [3.63, 3.8) is 0 Å². The number of ketones is 1. The average molecular weight is 367 g/mol. The summed E-state index contributed by atoms with van der Waals surface area (Å²) in [6.45, 7) is 2.73. The number of hydrogen-bond acceptors (Lipinski definition) is 3. The van der Waals surface area contributed by atoms with E-state index in [1.165, 1.54) is 0 Å². The molecule has 0 saturated carbocycles. The van der Waals surface area contributed by atoms with Gasteiger partial charge in [-0.3, -0.25) is 14.4 Å². The van der Waals surface area contributed by atoms with Crippen LogP contribution in [0.15, 0.2) is 54.6 Å². The molecule has 0 aliphatic heterocycles. The maximum atomic E-state index is 12.6. The summed E-state index contributed by atoms with van der Waals surface area (Å²) in [6, 6.07) is 16.9. The van der Waals surface area contributed by atoms with Gasteiger partial charge in [0.2, 0.25) is 5.91 Å². The zero-order valence-electron chi connectivity index (χ0n) is 15.6. The lowest BCUT2D eigenvalue weighted by molar-refractivity contribution is -0.138. The number of carbonyl (C=O) groups excluding carboxylic acids is 2. The Balaban J connectivity index is 1.95. The first-order valence-electron chi connectivity index (χ1n) is 9.09. The predicted molar refractivity (Wildman–Crippen MR) is 103 cm³/mol. The van der Waals surface area contributed by atoms with Crippen LogP contribution < -0.4 is 0 Å². The molecular formula is C22H25NO4. The highest BCUT2D eigenvalue weighted by molar-refractivity contribution is 5.98. The van der Waals surface area contributed by atoms with E-state index in [4.69, 9.17) is 5.11 Å². The highest BCUT2D eigenvalue weighted by atomic mass is 16.4. The van der Waals surface area contributed by atoms with Crippen molar-refractivity contribution in [1.82, 2.24) is 4.90 Å². The van der Waals surface area contributed by atoms with Crippen molar-refractivity contribution in [3.05, 3.63) is 71.3 Å². The second-order valence-corrected chi connectivity index (χ2v) is 6.59. The van der Waals surface area contributed by atoms with Crippen LogP contribution in [0.2, 0.25) is 0 Å². The summed E-state index contributed by atoms with van der Waals surface area (Å²) in [7, 11) is 0. The number of rotatable bonds is 10. The molecule has 0 spiro atoms. The van der Waals surface area contributed by atoms with Crippen molar-refractivity contribution in [2.45, 2.75) is 39.2 Å². The van der Waals surface area contributed by atoms with Gasteiger partial charge in [0.25, 0.3) is 0 Å². The summed E-state index contributed by atoms with van der Waals surface area (Å²) in [5, 5.41) is 8.83. The molecule has 1 N–H and O–H groups in total. The average Bonchev–Trinajstić information content (AvgIpc) is 2.66. The van der Waals surface area contributed by atoms with Crippen LogP contribution in [0.3, 0.4) is 0 Å². The summed E-state index contributed by atoms with van der Waals surface area (Å²) in [5.41, 5.74) is 2.66. The molecule has 0 heterocycles. The lowest BCUT2D eigenvalue weighted by atomic mass is 10.0. The van der Waals surface area contributed by atoms with Crippen LogP contribution in [0.4, 0.5) is 0 Å². The van der Waals surface area contributed by atoms with Crippen molar-refractivity contribution in [3.8, 4) is 0 Å². The van der Waals surface area contributed by atoms with Gasteiger partial charge < -0.3 is 10.0 Å². The number of carboxylic acids is 1. The first-order valence-corrected chi connectivity index (χ1v) is 9.09. The van der Waals surface area contributed by atoms with Gasteiger partial charge in [0.1, 0.15) is 0 Å². The molecule has 0 unspecified atom stereocenters. The molecule has 0 aromatic heterocycles. The number of carboxylic acid groups (broad SMARTS) is 1. The van der Waals surface area contributed by atoms with E-state index in [2.05, 4.69) is 0 Å². The van der Waals surface area contributed by atoms with E-state index < -0.39 is 5.97 Å². The Morgan fingerprint density at radius 1 is 0.889 bits per heavy atom. The van der Waals surface area contributed by atoms with E-state index in [9.17, 15) is 14.4 Å². The highest BCUT2D eigenvalue weighted by Crippen LogP contribution is 2.12. The Morgan fingerprint density at radius 2 is 1.56 bits per heavy atom. The molecule has 0 aliphatic rings. The molecule has 0 fully saturated rings. The fourth-order valence-electron chi connectivity index (χ4n) is 2.78. The smallest absolute Gasteiger partial charge is 0.303 e. The maximum absolute atomic E-state index is 12.6. The van der Waals surface area contributed by atoms with Crippen molar-refractivity contribution in [2.75, 3.05) is 6.54 Å². The Labute approximate surface area is 159 Å². The number of aliphatic carboxylic acids is 1. The summed E-state index contributed by atoms with van der Waals surface area (Å²) < 4.78 is 0. The van der Waals surface area contributed by atoms with Gasteiger partial charge in [0.05, 0.1) is 0 Å². The van der Waals surface area contributed by atoms with E-state index in [0.29, 0.717) is 25.1 Å². The van der Waals surface area contributed by atoms with Gasteiger partial charge in [-0.1, -0.05) is 60.2 Å². The number of hydrogen-bond donors (Lipinski definition) is 1. The lowest BCUT2D eigenvalue weighted by Gasteiger charge is -2.22. The molecule has 142 valence electrons. The molecule has 2 aromatic rings. The Hall–Kier alpha value is -2.95. The molecule has 2 rings (SSSR count). The van der Waals surface area contributed by atoms with Crippen LogP contribution >= 0.6 is 0 Å². The molecule has 0 saturated heterocycles. The third kappa shape index (κ3) is 7.05. The number of nitrogens with zero attached hydrogens (tertiary/aromatic N) is 1. The van der Waals surface area contributed by atoms with Crippen LogP contribution in [-0.2, 0) is 16.1 Å². The van der Waals surface area contributed by atoms with Crippen molar-refractivity contribution < 1.29 is 19.5 Å². The van der Waals surface area contributed by atoms with Gasteiger partial charge >= 0.3 is 5.97 Å². The van der Waals surface area contributed by atoms with Crippen LogP contribution in [0.5, 0.6) is 0 Å². The summed E-state index contributed by atoms with van der Waals surface area (Å²) in [6.07, 6.45) is 0.666. The Morgan fingerprint density at radius 3 is 2.19 bits per heavy atom. The van der Waals surface area contributed by atoms with Crippen LogP contribution in [0, 0.1) is 6.92 Å². The summed E-state index contributed by atoms with van der Waals surface area (Å²) >= 11 is 0. The Bertz CT molecular complexity index is 769. The second-order valence-electron chi connectivity index (χ2n) is 6.59. The second kappa shape index (κ2) is 10.3. The van der Waals surface area contributed by atoms with Crippen molar-refractivity contribution >= 4 is 17.7 Å². The van der Waals surface area contributed by atoms with Gasteiger partial charge in [-0.25, -0.2) is 0 Å². The molecule has 5 heteroatoms. The van der Waals surface area contributed by atoms with E-state index in [1.54, 1.807) is 17.0 Å². The third-order valence-corrected chi connectivity index (χ3v) is 4.33. The minimum atomic E-state index is -0.878. The molecule has 1 amide bonds. The molecular weight excluding hydrogens is 342 g/mol. The Kier molecular flexibility index (Phi) is 7.74. The maximum Gasteiger partial charge on any atom is 0.303 e. The van der Waals surface area contributed by atoms with Gasteiger partial charge in [0, 0.05) is 37.9 Å². The predicted octanol–water partition coefficient (Wildman–Crippen LogP) is 3.85. The number of amides is 1. The van der Waals surface area contributed by atoms with Crippen LogP contribution in [0.1, 0.15) is 47.2 Å². The molecule has 0 radical (unpaired) electrons. The molecule has 2 aromatic carbocycles. The SMILES string of the molecule is Cc1ccc(C(=O)CCC(=O)N(CCCC(=O)O)Cc2ccccc2)cc1. The first-order chi connectivity index (χ1) is 13.0. The van der Waals surface area contributed by atoms with Gasteiger partial charge in [0.15, 0.2) is 5.78 Å². The van der Waals surface area contributed by atoms with E-state index in [1.807, 2.05) is 49.4 Å². The molecule has 0 atom stereocenters. The number of Topliss-reactive ketones (excluding diaryl/α,β-unsaturated/α-hetero) is 1. The molecule has 5 nitrogen and oxygen atoms in total. The summed E-state index contributed by atoms with van der Waals surface area (Å²) in [5.74, 6) is -1.07. The minimum Gasteiger partial charge on any atom is -0.481 e. The van der Waals surface area contributed by atoms with E-state index in [0.717, 1.165) is 11.1 Å². The standard InChI is InChI=1S/C22H25NO4/c1-17-9-11-19(12-10-17)20(24)13-14-21(25)23(15-5-8-22(26)27)16-18-6-3-2-4-7-18/h2-4,6-7,9-12H,5,8,13-16H2,1H3,(H,26,27). The largest absolute Gasteiger partial charge is 0.481 e. The monoisotopic (exact) mass is 367 g/mol. The fourth-order valence-corrected chi connectivity index (χ4v) is 2.78. The van der Waals surface area contributed by atoms with Gasteiger partial charge in [-0.2, -0.15) is 0 Å². The quantitative estimate of drug-likeness (QED) is 0.647.